The quantitative estimate of drug-likeness (QED) is 0.843. The van der Waals surface area contributed by atoms with E-state index in [-0.39, 0.29) is 6.03 Å². The van der Waals surface area contributed by atoms with E-state index >= 15 is 0 Å². The summed E-state index contributed by atoms with van der Waals surface area (Å²) >= 11 is 0. The molecule has 0 aromatic heterocycles. The summed E-state index contributed by atoms with van der Waals surface area (Å²) in [5, 5.41) is 5.44. The molecule has 0 unspecified atom stereocenters. The second-order valence-corrected chi connectivity index (χ2v) is 5.85. The van der Waals surface area contributed by atoms with E-state index < -0.39 is 0 Å². The van der Waals surface area contributed by atoms with Crippen LogP contribution >= 0.6 is 0 Å². The summed E-state index contributed by atoms with van der Waals surface area (Å²) in [6.45, 7) is 4.22. The molecule has 4 nitrogen and oxygen atoms in total. The van der Waals surface area contributed by atoms with Gasteiger partial charge in [0, 0.05) is 19.5 Å². The van der Waals surface area contributed by atoms with Crippen molar-refractivity contribution < 1.29 is 4.79 Å². The van der Waals surface area contributed by atoms with Gasteiger partial charge in [0.2, 0.25) is 0 Å². The largest absolute Gasteiger partial charge is 0.338 e. The van der Waals surface area contributed by atoms with Crippen molar-refractivity contribution in [1.29, 1.82) is 0 Å². The molecule has 2 aromatic carbocycles. The summed E-state index contributed by atoms with van der Waals surface area (Å²) in [6.07, 6.45) is 2.79. The molecule has 0 aliphatic carbocycles. The Balaban J connectivity index is 1.74. The number of carbonyl (C=O) groups is 1. The summed E-state index contributed by atoms with van der Waals surface area (Å²) in [5.74, 6) is 0.871. The molecule has 0 bridgehead atoms. The van der Waals surface area contributed by atoms with Gasteiger partial charge in [-0.15, -0.1) is 0 Å². The van der Waals surface area contributed by atoms with Crippen LogP contribution in [0, 0.1) is 0 Å². The van der Waals surface area contributed by atoms with Gasteiger partial charge in [-0.05, 0) is 22.8 Å². The van der Waals surface area contributed by atoms with Crippen molar-refractivity contribution in [2.75, 3.05) is 19.6 Å². The third-order valence-electron chi connectivity index (χ3n) is 4.21. The van der Waals surface area contributed by atoms with Crippen LogP contribution in [-0.4, -0.2) is 36.4 Å². The average Bonchev–Trinajstić information content (AvgIpc) is 3.04. The second kappa shape index (κ2) is 7.27. The monoisotopic (exact) mass is 309 g/mol. The fraction of sp³-hybridized carbons (Fsp3) is 0.368. The third kappa shape index (κ3) is 3.52. The van der Waals surface area contributed by atoms with E-state index in [0.717, 1.165) is 25.2 Å². The molecule has 0 atom stereocenters. The fourth-order valence-electron chi connectivity index (χ4n) is 2.95. The lowest BCUT2D eigenvalue weighted by Gasteiger charge is -2.19. The number of aliphatic imine (C=N–C) groups is 1. The van der Waals surface area contributed by atoms with E-state index in [1.807, 2.05) is 6.07 Å². The summed E-state index contributed by atoms with van der Waals surface area (Å²) < 4.78 is 0. The van der Waals surface area contributed by atoms with Crippen LogP contribution in [0.5, 0.6) is 0 Å². The van der Waals surface area contributed by atoms with E-state index in [0.29, 0.717) is 19.5 Å². The van der Waals surface area contributed by atoms with Crippen molar-refractivity contribution in [3.05, 3.63) is 48.0 Å². The first-order chi connectivity index (χ1) is 11.3. The molecule has 2 aromatic rings. The van der Waals surface area contributed by atoms with Gasteiger partial charge in [0.1, 0.15) is 5.84 Å². The molecule has 120 valence electrons. The number of hydrogen-bond donors (Lipinski definition) is 1. The van der Waals surface area contributed by atoms with Gasteiger partial charge in [-0.25, -0.2) is 4.79 Å². The minimum atomic E-state index is -0.0186. The molecule has 4 heteroatoms. The molecular weight excluding hydrogens is 286 g/mol. The van der Waals surface area contributed by atoms with Crippen LogP contribution in [0.1, 0.15) is 25.3 Å². The number of rotatable bonds is 5. The summed E-state index contributed by atoms with van der Waals surface area (Å²) in [4.78, 5) is 18.7. The Morgan fingerprint density at radius 2 is 2.04 bits per heavy atom. The SMILES string of the molecule is CCCCNC(=O)N1CCN=C1Cc1cccc2ccccc12. The Hall–Kier alpha value is -2.36. The number of nitrogens with zero attached hydrogens (tertiary/aromatic N) is 2. The Bertz CT molecular complexity index is 718. The Labute approximate surface area is 137 Å². The highest BCUT2D eigenvalue weighted by atomic mass is 16.2. The minimum absolute atomic E-state index is 0.0186. The van der Waals surface area contributed by atoms with Crippen LogP contribution < -0.4 is 5.32 Å². The molecule has 1 heterocycles. The van der Waals surface area contributed by atoms with Gasteiger partial charge in [-0.2, -0.15) is 0 Å². The van der Waals surface area contributed by atoms with E-state index in [4.69, 9.17) is 0 Å². The van der Waals surface area contributed by atoms with Crippen LogP contribution in [0.3, 0.4) is 0 Å². The lowest BCUT2D eigenvalue weighted by atomic mass is 10.0. The first kappa shape index (κ1) is 15.5. The molecule has 1 N–H and O–H groups in total. The third-order valence-corrected chi connectivity index (χ3v) is 4.21. The lowest BCUT2D eigenvalue weighted by molar-refractivity contribution is 0.223. The minimum Gasteiger partial charge on any atom is -0.338 e. The fourth-order valence-corrected chi connectivity index (χ4v) is 2.95. The van der Waals surface area contributed by atoms with Gasteiger partial charge in [-0.3, -0.25) is 9.89 Å². The van der Waals surface area contributed by atoms with E-state index in [2.05, 4.69) is 53.6 Å². The molecule has 2 amide bonds. The number of hydrogen-bond acceptors (Lipinski definition) is 2. The summed E-state index contributed by atoms with van der Waals surface area (Å²) in [7, 11) is 0. The lowest BCUT2D eigenvalue weighted by Crippen LogP contribution is -2.43. The zero-order valence-electron chi connectivity index (χ0n) is 13.6. The maximum Gasteiger partial charge on any atom is 0.322 e. The first-order valence-corrected chi connectivity index (χ1v) is 8.35. The maximum atomic E-state index is 12.3. The van der Waals surface area contributed by atoms with Gasteiger partial charge in [-0.1, -0.05) is 55.8 Å². The van der Waals surface area contributed by atoms with Crippen molar-refractivity contribution in [3.8, 4) is 0 Å². The molecule has 0 radical (unpaired) electrons. The van der Waals surface area contributed by atoms with Crippen LogP contribution in [0.4, 0.5) is 4.79 Å². The standard InChI is InChI=1S/C19H23N3O/c1-2-3-11-21-19(23)22-13-12-20-18(22)14-16-9-6-8-15-7-4-5-10-17(15)16/h4-10H,2-3,11-14H2,1H3,(H,21,23). The molecule has 0 saturated carbocycles. The van der Waals surface area contributed by atoms with Crippen LogP contribution in [-0.2, 0) is 6.42 Å². The van der Waals surface area contributed by atoms with Crippen LogP contribution in [0.2, 0.25) is 0 Å². The van der Waals surface area contributed by atoms with Crippen molar-refractivity contribution in [2.24, 2.45) is 4.99 Å². The topological polar surface area (TPSA) is 44.7 Å². The molecular formula is C19H23N3O. The summed E-state index contributed by atoms with van der Waals surface area (Å²) in [6, 6.07) is 14.6. The highest BCUT2D eigenvalue weighted by molar-refractivity contribution is 6.01. The van der Waals surface area contributed by atoms with Gasteiger partial charge in [0.25, 0.3) is 0 Å². The van der Waals surface area contributed by atoms with E-state index in [9.17, 15) is 4.79 Å². The first-order valence-electron chi connectivity index (χ1n) is 8.35. The van der Waals surface area contributed by atoms with Gasteiger partial charge in [0.05, 0.1) is 6.54 Å². The molecule has 3 rings (SSSR count). The number of unbranched alkanes of at least 4 members (excludes halogenated alkanes) is 1. The van der Waals surface area contributed by atoms with Gasteiger partial charge >= 0.3 is 6.03 Å². The highest BCUT2D eigenvalue weighted by Gasteiger charge is 2.23. The number of nitrogens with one attached hydrogen (secondary N) is 1. The molecule has 23 heavy (non-hydrogen) atoms. The van der Waals surface area contributed by atoms with Crippen molar-refractivity contribution >= 4 is 22.6 Å². The van der Waals surface area contributed by atoms with Gasteiger partial charge < -0.3 is 5.32 Å². The number of amides is 2. The Morgan fingerprint density at radius 3 is 2.91 bits per heavy atom. The molecule has 1 aliphatic rings. The zero-order valence-corrected chi connectivity index (χ0v) is 13.6. The number of benzene rings is 2. The Morgan fingerprint density at radius 1 is 1.22 bits per heavy atom. The number of carbonyl (C=O) groups excluding carboxylic acids is 1. The zero-order chi connectivity index (χ0) is 16.1. The van der Waals surface area contributed by atoms with Crippen LogP contribution in [0.25, 0.3) is 10.8 Å². The molecule has 0 saturated heterocycles. The van der Waals surface area contributed by atoms with E-state index in [1.54, 1.807) is 4.90 Å². The predicted octanol–water partition coefficient (Wildman–Crippen LogP) is 3.61. The molecule has 0 fully saturated rings. The predicted molar refractivity (Wildman–Crippen MR) is 95.0 cm³/mol. The Kier molecular flexibility index (Phi) is 4.91. The van der Waals surface area contributed by atoms with Crippen molar-refractivity contribution in [2.45, 2.75) is 26.2 Å². The number of amidine groups is 1. The van der Waals surface area contributed by atoms with E-state index in [1.165, 1.54) is 16.3 Å². The molecule has 0 spiro atoms. The van der Waals surface area contributed by atoms with Crippen molar-refractivity contribution in [1.82, 2.24) is 10.2 Å². The van der Waals surface area contributed by atoms with Crippen LogP contribution in [0.15, 0.2) is 47.5 Å². The molecule has 1 aliphatic heterocycles. The van der Waals surface area contributed by atoms with Crippen molar-refractivity contribution in [3.63, 3.8) is 0 Å². The summed E-state index contributed by atoms with van der Waals surface area (Å²) in [5.41, 5.74) is 1.22. The maximum absolute atomic E-state index is 12.3. The highest BCUT2D eigenvalue weighted by Crippen LogP contribution is 2.20. The smallest absolute Gasteiger partial charge is 0.322 e. The van der Waals surface area contributed by atoms with Gasteiger partial charge in [0.15, 0.2) is 0 Å². The normalized spacial score (nSPS) is 14.1. The number of urea groups is 1. The second-order valence-electron chi connectivity index (χ2n) is 5.85. The number of fused-ring (bicyclic) bond motifs is 1. The average molecular weight is 309 g/mol.